The van der Waals surface area contributed by atoms with Gasteiger partial charge < -0.3 is 5.73 Å². The molecule has 4 rings (SSSR count). The topological polar surface area (TPSA) is 91.6 Å². The van der Waals surface area contributed by atoms with Gasteiger partial charge >= 0.3 is 12.5 Å². The van der Waals surface area contributed by atoms with Gasteiger partial charge in [-0.15, -0.1) is 13.2 Å². The number of hydrogen-bond acceptors (Lipinski definition) is 4. The fourth-order valence-electron chi connectivity index (χ4n) is 2.89. The Morgan fingerprint density at radius 1 is 1.10 bits per heavy atom. The molecular weight excluding hydrogens is 430 g/mol. The Bertz CT molecular complexity index is 1040. The average molecular weight is 446 g/mol. The van der Waals surface area contributed by atoms with Crippen LogP contribution in [0.2, 0.25) is 0 Å². The van der Waals surface area contributed by atoms with E-state index in [0.717, 1.165) is 43.8 Å². The Morgan fingerprint density at radius 3 is 2.39 bits per heavy atom. The second kappa shape index (κ2) is 8.40. The van der Waals surface area contributed by atoms with Gasteiger partial charge in [-0.05, 0) is 37.5 Å². The maximum absolute atomic E-state index is 12.6. The number of fused-ring (bicyclic) bond motifs is 1. The molecule has 0 atom stereocenters. The van der Waals surface area contributed by atoms with Crippen LogP contribution in [0.15, 0.2) is 36.8 Å². The molecule has 31 heavy (non-hydrogen) atoms. The van der Waals surface area contributed by atoms with Crippen molar-refractivity contribution in [3.8, 4) is 11.3 Å². The number of amides is 1. The lowest BCUT2D eigenvalue weighted by atomic mass is 10.1. The zero-order chi connectivity index (χ0) is 22.8. The lowest BCUT2D eigenvalue weighted by Gasteiger charge is -2.11. The summed E-state index contributed by atoms with van der Waals surface area (Å²) in [4.78, 5) is 13.7. The molecule has 0 saturated heterocycles. The van der Waals surface area contributed by atoms with Gasteiger partial charge in [-0.3, -0.25) is 14.5 Å². The number of hydrogen-bond donors (Lipinski definition) is 1. The minimum atomic E-state index is -4.60. The van der Waals surface area contributed by atoms with Crippen LogP contribution in [0.25, 0.3) is 11.3 Å². The smallest absolute Gasteiger partial charge is 0.366 e. The van der Waals surface area contributed by atoms with E-state index >= 15 is 0 Å². The predicted molar refractivity (Wildman–Crippen MR) is 95.4 cm³/mol. The van der Waals surface area contributed by atoms with E-state index in [1.54, 1.807) is 6.07 Å². The standard InChI is InChI=1S/C13H12F3N3.C5H4F3N3O/c14-13(15,16)12-7-9(4-5-17-12)11-8-10-3-1-2-6-19(10)18-11;6-5(7,8)11-2-3(1-10-11)4(9)12/h4-5,7-8H,1-3,6H2;1-2H,(H2,9,12). The van der Waals surface area contributed by atoms with Crippen molar-refractivity contribution in [2.45, 2.75) is 38.3 Å². The van der Waals surface area contributed by atoms with Crippen molar-refractivity contribution in [1.29, 1.82) is 0 Å². The van der Waals surface area contributed by atoms with Crippen LogP contribution >= 0.6 is 0 Å². The Labute approximate surface area is 171 Å². The highest BCUT2D eigenvalue weighted by Crippen LogP contribution is 2.30. The number of pyridine rings is 1. The summed E-state index contributed by atoms with van der Waals surface area (Å²) in [7, 11) is 0. The van der Waals surface area contributed by atoms with Gasteiger partial charge in [-0.2, -0.15) is 28.1 Å². The molecule has 2 N–H and O–H groups in total. The third-order valence-electron chi connectivity index (χ3n) is 4.39. The van der Waals surface area contributed by atoms with Crippen molar-refractivity contribution in [3.05, 3.63) is 53.7 Å². The van der Waals surface area contributed by atoms with Crippen molar-refractivity contribution in [3.63, 3.8) is 0 Å². The number of halogens is 6. The van der Waals surface area contributed by atoms with Crippen molar-refractivity contribution in [2.75, 3.05) is 0 Å². The van der Waals surface area contributed by atoms with E-state index in [2.05, 4.69) is 15.2 Å². The van der Waals surface area contributed by atoms with Crippen LogP contribution in [0.1, 0.15) is 34.6 Å². The number of rotatable bonds is 2. The molecule has 13 heteroatoms. The van der Waals surface area contributed by atoms with Gasteiger partial charge in [0.15, 0.2) is 0 Å². The van der Waals surface area contributed by atoms with Crippen LogP contribution in [0.4, 0.5) is 26.3 Å². The molecule has 0 saturated carbocycles. The van der Waals surface area contributed by atoms with E-state index in [9.17, 15) is 31.1 Å². The highest BCUT2D eigenvalue weighted by Gasteiger charge is 2.33. The molecule has 0 fully saturated rings. The highest BCUT2D eigenvalue weighted by molar-refractivity contribution is 5.92. The number of aryl methyl sites for hydroxylation is 2. The molecule has 0 aliphatic carbocycles. The lowest BCUT2D eigenvalue weighted by Crippen LogP contribution is -2.17. The molecule has 0 unspecified atom stereocenters. The second-order valence-corrected chi connectivity index (χ2v) is 6.63. The number of nitrogens with two attached hydrogens (primary N) is 1. The van der Waals surface area contributed by atoms with Crippen molar-refractivity contribution < 1.29 is 31.1 Å². The molecule has 3 aromatic rings. The van der Waals surface area contributed by atoms with Crippen molar-refractivity contribution in [2.24, 2.45) is 5.73 Å². The monoisotopic (exact) mass is 446 g/mol. The van der Waals surface area contributed by atoms with Crippen molar-refractivity contribution >= 4 is 5.91 Å². The first-order chi connectivity index (χ1) is 14.4. The van der Waals surface area contributed by atoms with Crippen LogP contribution < -0.4 is 5.73 Å². The quantitative estimate of drug-likeness (QED) is 0.607. The first kappa shape index (κ1) is 22.3. The lowest BCUT2D eigenvalue weighted by molar-refractivity contribution is -0.212. The molecule has 1 aliphatic heterocycles. The highest BCUT2D eigenvalue weighted by atomic mass is 19.4. The van der Waals surface area contributed by atoms with Gasteiger partial charge in [0.2, 0.25) is 0 Å². The van der Waals surface area contributed by atoms with Gasteiger partial charge in [-0.25, -0.2) is 0 Å². The van der Waals surface area contributed by atoms with Crippen LogP contribution in [0, 0.1) is 0 Å². The first-order valence-corrected chi connectivity index (χ1v) is 8.97. The molecule has 7 nitrogen and oxygen atoms in total. The number of primary amides is 1. The van der Waals surface area contributed by atoms with Gasteiger partial charge in [0.25, 0.3) is 5.91 Å². The molecular formula is C18H16F6N6O. The zero-order valence-electron chi connectivity index (χ0n) is 15.8. The Kier molecular flexibility index (Phi) is 6.04. The summed E-state index contributed by atoms with van der Waals surface area (Å²) >= 11 is 0. The Morgan fingerprint density at radius 2 is 1.84 bits per heavy atom. The number of nitrogens with zero attached hydrogens (tertiary/aromatic N) is 5. The Hall–Kier alpha value is -3.38. The fraction of sp³-hybridized carbons (Fsp3) is 0.333. The first-order valence-electron chi connectivity index (χ1n) is 8.97. The van der Waals surface area contributed by atoms with E-state index in [1.165, 1.54) is 6.20 Å². The summed E-state index contributed by atoms with van der Waals surface area (Å²) in [5, 5.41) is 7.27. The second-order valence-electron chi connectivity index (χ2n) is 6.63. The minimum Gasteiger partial charge on any atom is -0.366 e. The van der Waals surface area contributed by atoms with Crippen molar-refractivity contribution in [1.82, 2.24) is 24.5 Å². The van der Waals surface area contributed by atoms with E-state index in [1.807, 2.05) is 10.7 Å². The SMILES string of the molecule is FC(F)(F)c1cc(-c2cc3n(n2)CCCC3)ccn1.NC(=O)c1cnn(C(F)(F)F)c1. The maximum Gasteiger partial charge on any atom is 0.504 e. The van der Waals surface area contributed by atoms with E-state index in [0.29, 0.717) is 17.5 Å². The van der Waals surface area contributed by atoms with Crippen LogP contribution in [0.3, 0.4) is 0 Å². The molecule has 1 amide bonds. The molecule has 166 valence electrons. The summed E-state index contributed by atoms with van der Waals surface area (Å²) in [6, 6.07) is 4.48. The summed E-state index contributed by atoms with van der Waals surface area (Å²) in [5.41, 5.74) is 5.70. The molecule has 0 bridgehead atoms. The normalized spacial score (nSPS) is 13.9. The van der Waals surface area contributed by atoms with Gasteiger partial charge in [0, 0.05) is 30.2 Å². The molecule has 4 heterocycles. The number of carbonyl (C=O) groups excluding carboxylic acids is 1. The van der Waals surface area contributed by atoms with Gasteiger partial charge in [0.05, 0.1) is 17.5 Å². The third-order valence-corrected chi connectivity index (χ3v) is 4.39. The molecule has 0 radical (unpaired) electrons. The van der Waals surface area contributed by atoms with Crippen LogP contribution in [0.5, 0.6) is 0 Å². The van der Waals surface area contributed by atoms with Crippen LogP contribution in [-0.4, -0.2) is 30.5 Å². The number of carbonyl (C=O) groups is 1. The van der Waals surface area contributed by atoms with E-state index < -0.39 is 24.1 Å². The predicted octanol–water partition coefficient (Wildman–Crippen LogP) is 3.76. The number of aromatic nitrogens is 5. The molecule has 0 aromatic carbocycles. The van der Waals surface area contributed by atoms with Gasteiger partial charge in [-0.1, -0.05) is 0 Å². The van der Waals surface area contributed by atoms with E-state index in [4.69, 9.17) is 5.73 Å². The molecule has 3 aromatic heterocycles. The summed E-state index contributed by atoms with van der Waals surface area (Å²) in [5.74, 6) is -0.939. The summed E-state index contributed by atoms with van der Waals surface area (Å²) < 4.78 is 74.9. The van der Waals surface area contributed by atoms with E-state index in [-0.39, 0.29) is 10.2 Å². The maximum atomic E-state index is 12.6. The molecule has 1 aliphatic rings. The zero-order valence-corrected chi connectivity index (χ0v) is 15.8. The van der Waals surface area contributed by atoms with Crippen LogP contribution in [-0.2, 0) is 25.4 Å². The summed E-state index contributed by atoms with van der Waals surface area (Å²) in [6.45, 7) is 0.840. The minimum absolute atomic E-state index is 0.271. The summed E-state index contributed by atoms with van der Waals surface area (Å²) in [6.07, 6.45) is -3.45. The number of alkyl halides is 6. The average Bonchev–Trinajstić information content (AvgIpc) is 3.35. The van der Waals surface area contributed by atoms with Gasteiger partial charge in [0.1, 0.15) is 5.69 Å². The Balaban J connectivity index is 0.000000196. The largest absolute Gasteiger partial charge is 0.504 e. The molecule has 0 spiro atoms. The third kappa shape index (κ3) is 5.41. The fourth-order valence-corrected chi connectivity index (χ4v) is 2.89.